The van der Waals surface area contributed by atoms with Crippen LogP contribution in [-0.2, 0) is 0 Å². The summed E-state index contributed by atoms with van der Waals surface area (Å²) < 4.78 is 13.1. The van der Waals surface area contributed by atoms with Crippen molar-refractivity contribution in [2.24, 2.45) is 0 Å². The molecule has 1 aromatic heterocycles. The van der Waals surface area contributed by atoms with Gasteiger partial charge in [0, 0.05) is 6.20 Å². The molecule has 0 spiro atoms. The Balaban J connectivity index is 3.36. The number of rotatable bonds is 2. The van der Waals surface area contributed by atoms with Crippen molar-refractivity contribution in [3.05, 3.63) is 28.2 Å². The highest BCUT2D eigenvalue weighted by molar-refractivity contribution is 5.86. The maximum Gasteiger partial charge on any atom is 0.341 e. The lowest BCUT2D eigenvalue weighted by molar-refractivity contribution is 0.0692. The van der Waals surface area contributed by atoms with Gasteiger partial charge in [-0.3, -0.25) is 4.79 Å². The van der Waals surface area contributed by atoms with Crippen LogP contribution in [0.5, 0.6) is 0 Å². The average Bonchev–Trinajstić information content (AvgIpc) is 2.03. The summed E-state index contributed by atoms with van der Waals surface area (Å²) in [5.74, 6) is -1.39. The van der Waals surface area contributed by atoms with Gasteiger partial charge in [0.15, 0.2) is 6.30 Å². The zero-order valence-corrected chi connectivity index (χ0v) is 6.77. The molecule has 0 aliphatic carbocycles. The maximum absolute atomic E-state index is 12.6. The van der Waals surface area contributed by atoms with Crippen molar-refractivity contribution < 1.29 is 14.3 Å². The molecule has 0 fully saturated rings. The van der Waals surface area contributed by atoms with Gasteiger partial charge >= 0.3 is 5.97 Å². The summed E-state index contributed by atoms with van der Waals surface area (Å²) in [5.41, 5.74) is -1.43. The normalized spacial score (nSPS) is 12.5. The Kier molecular flexibility index (Phi) is 2.41. The van der Waals surface area contributed by atoms with Gasteiger partial charge in [0.2, 0.25) is 0 Å². The smallest absolute Gasteiger partial charge is 0.341 e. The zero-order chi connectivity index (χ0) is 10.0. The van der Waals surface area contributed by atoms with Crippen LogP contribution < -0.4 is 5.56 Å². The highest BCUT2D eigenvalue weighted by Gasteiger charge is 2.13. The molecule has 0 aromatic carbocycles. The SMILES string of the molecule is CC(F)n1nccc(C(=O)O)c1=O. The second-order valence-electron chi connectivity index (χ2n) is 2.37. The summed E-state index contributed by atoms with van der Waals surface area (Å²) in [6, 6.07) is 1.03. The summed E-state index contributed by atoms with van der Waals surface area (Å²) in [5, 5.41) is 11.9. The fourth-order valence-electron chi connectivity index (χ4n) is 0.843. The second kappa shape index (κ2) is 3.34. The topological polar surface area (TPSA) is 72.2 Å². The molecule has 6 heteroatoms. The molecular weight excluding hydrogens is 179 g/mol. The minimum atomic E-state index is -1.63. The lowest BCUT2D eigenvalue weighted by Gasteiger charge is -2.04. The number of hydrogen-bond donors (Lipinski definition) is 1. The second-order valence-corrected chi connectivity index (χ2v) is 2.37. The van der Waals surface area contributed by atoms with Crippen molar-refractivity contribution in [1.29, 1.82) is 0 Å². The van der Waals surface area contributed by atoms with Crippen LogP contribution in [0, 0.1) is 0 Å². The Labute approximate surface area is 72.4 Å². The molecule has 0 amide bonds. The van der Waals surface area contributed by atoms with Gasteiger partial charge in [-0.1, -0.05) is 0 Å². The van der Waals surface area contributed by atoms with E-state index in [2.05, 4.69) is 5.10 Å². The van der Waals surface area contributed by atoms with E-state index < -0.39 is 23.4 Å². The Hall–Kier alpha value is -1.72. The third kappa shape index (κ3) is 1.71. The van der Waals surface area contributed by atoms with E-state index in [0.29, 0.717) is 4.68 Å². The van der Waals surface area contributed by atoms with Crippen LogP contribution in [0.25, 0.3) is 0 Å². The molecule has 13 heavy (non-hydrogen) atoms. The molecule has 1 rings (SSSR count). The molecule has 1 atom stereocenters. The number of carboxylic acid groups (broad SMARTS) is 1. The van der Waals surface area contributed by atoms with E-state index in [-0.39, 0.29) is 0 Å². The van der Waals surface area contributed by atoms with Gasteiger partial charge in [0.25, 0.3) is 5.56 Å². The standard InChI is InChI=1S/C7H7FN2O3/c1-4(8)10-6(11)5(7(12)13)2-3-9-10/h2-4H,1H3,(H,12,13). The summed E-state index contributed by atoms with van der Waals surface area (Å²) >= 11 is 0. The van der Waals surface area contributed by atoms with E-state index in [4.69, 9.17) is 5.11 Å². The molecule has 0 saturated carbocycles. The van der Waals surface area contributed by atoms with Crippen molar-refractivity contribution in [3.63, 3.8) is 0 Å². The van der Waals surface area contributed by atoms with E-state index >= 15 is 0 Å². The summed E-state index contributed by atoms with van der Waals surface area (Å²) in [6.45, 7) is 1.10. The summed E-state index contributed by atoms with van der Waals surface area (Å²) in [4.78, 5) is 21.6. The van der Waals surface area contributed by atoms with Crippen molar-refractivity contribution >= 4 is 5.97 Å². The van der Waals surface area contributed by atoms with Gasteiger partial charge in [-0.25, -0.2) is 9.18 Å². The molecular formula is C7H7FN2O3. The lowest BCUT2D eigenvalue weighted by Crippen LogP contribution is -2.28. The van der Waals surface area contributed by atoms with Gasteiger partial charge in [0.05, 0.1) is 0 Å². The predicted molar refractivity (Wildman–Crippen MR) is 41.3 cm³/mol. The number of carboxylic acids is 1. The number of aromatic nitrogens is 2. The van der Waals surface area contributed by atoms with Crippen molar-refractivity contribution in [1.82, 2.24) is 9.78 Å². The molecule has 1 N–H and O–H groups in total. The minimum Gasteiger partial charge on any atom is -0.477 e. The lowest BCUT2D eigenvalue weighted by atomic mass is 10.3. The summed E-state index contributed by atoms with van der Waals surface area (Å²) in [7, 11) is 0. The summed E-state index contributed by atoms with van der Waals surface area (Å²) in [6.07, 6.45) is -0.562. The Morgan fingerprint density at radius 3 is 2.85 bits per heavy atom. The van der Waals surface area contributed by atoms with Gasteiger partial charge in [-0.15, -0.1) is 0 Å². The van der Waals surface area contributed by atoms with Crippen LogP contribution in [0.15, 0.2) is 17.1 Å². The van der Waals surface area contributed by atoms with Crippen LogP contribution in [-0.4, -0.2) is 20.9 Å². The van der Waals surface area contributed by atoms with E-state index in [1.807, 2.05) is 0 Å². The number of carbonyl (C=O) groups is 1. The van der Waals surface area contributed by atoms with Crippen molar-refractivity contribution in [2.75, 3.05) is 0 Å². The van der Waals surface area contributed by atoms with Crippen LogP contribution in [0.2, 0.25) is 0 Å². The predicted octanol–water partition coefficient (Wildman–Crippen LogP) is 0.429. The van der Waals surface area contributed by atoms with Gasteiger partial charge < -0.3 is 5.11 Å². The molecule has 0 saturated heterocycles. The fourth-order valence-corrected chi connectivity index (χ4v) is 0.843. The number of aromatic carboxylic acids is 1. The molecule has 0 aliphatic heterocycles. The Morgan fingerprint density at radius 1 is 1.77 bits per heavy atom. The van der Waals surface area contributed by atoms with Crippen LogP contribution in [0.3, 0.4) is 0 Å². The van der Waals surface area contributed by atoms with Crippen molar-refractivity contribution in [2.45, 2.75) is 13.2 Å². The number of halogens is 1. The Bertz CT molecular complexity index is 386. The number of nitrogens with zero attached hydrogens (tertiary/aromatic N) is 2. The quantitative estimate of drug-likeness (QED) is 0.726. The van der Waals surface area contributed by atoms with Crippen LogP contribution >= 0.6 is 0 Å². The maximum atomic E-state index is 12.6. The third-order valence-electron chi connectivity index (χ3n) is 1.44. The minimum absolute atomic E-state index is 0.476. The highest BCUT2D eigenvalue weighted by atomic mass is 19.1. The van der Waals surface area contributed by atoms with E-state index in [0.717, 1.165) is 19.2 Å². The first-order valence-corrected chi connectivity index (χ1v) is 3.49. The fraction of sp³-hybridized carbons (Fsp3) is 0.286. The molecule has 0 aliphatic rings. The van der Waals surface area contributed by atoms with Crippen molar-refractivity contribution in [3.8, 4) is 0 Å². The number of alkyl halides is 1. The van der Waals surface area contributed by atoms with Gasteiger partial charge in [-0.05, 0) is 13.0 Å². The van der Waals surface area contributed by atoms with Crippen LogP contribution in [0.4, 0.5) is 4.39 Å². The monoisotopic (exact) mass is 186 g/mol. The molecule has 1 heterocycles. The first-order chi connectivity index (χ1) is 6.04. The third-order valence-corrected chi connectivity index (χ3v) is 1.44. The molecule has 1 unspecified atom stereocenters. The Morgan fingerprint density at radius 2 is 2.38 bits per heavy atom. The van der Waals surface area contributed by atoms with Gasteiger partial charge in [0.1, 0.15) is 5.56 Å². The molecule has 70 valence electrons. The largest absolute Gasteiger partial charge is 0.477 e. The first kappa shape index (κ1) is 9.37. The van der Waals surface area contributed by atoms with E-state index in [1.54, 1.807) is 0 Å². The van der Waals surface area contributed by atoms with E-state index in [9.17, 15) is 14.0 Å². The van der Waals surface area contributed by atoms with E-state index in [1.165, 1.54) is 0 Å². The zero-order valence-electron chi connectivity index (χ0n) is 6.77. The van der Waals surface area contributed by atoms with Gasteiger partial charge in [-0.2, -0.15) is 9.78 Å². The first-order valence-electron chi connectivity index (χ1n) is 3.49. The average molecular weight is 186 g/mol. The molecule has 5 nitrogen and oxygen atoms in total. The molecule has 1 aromatic rings. The number of hydrogen-bond acceptors (Lipinski definition) is 3. The molecule has 0 bridgehead atoms. The van der Waals surface area contributed by atoms with Crippen LogP contribution in [0.1, 0.15) is 23.6 Å². The molecule has 0 radical (unpaired) electrons. The highest BCUT2D eigenvalue weighted by Crippen LogP contribution is 2.00.